The van der Waals surface area contributed by atoms with Crippen LogP contribution in [0.3, 0.4) is 0 Å². The van der Waals surface area contributed by atoms with Crippen molar-refractivity contribution in [3.8, 4) is 6.19 Å². The summed E-state index contributed by atoms with van der Waals surface area (Å²) in [5.41, 5.74) is 0.573. The normalized spacial score (nSPS) is 31.5. The Morgan fingerprint density at radius 1 is 1.34 bits per heavy atom. The van der Waals surface area contributed by atoms with Crippen molar-refractivity contribution in [1.29, 1.82) is 5.26 Å². The third-order valence-electron chi connectivity index (χ3n) is 7.52. The van der Waals surface area contributed by atoms with E-state index in [1.165, 1.54) is 6.08 Å². The van der Waals surface area contributed by atoms with Crippen molar-refractivity contribution in [3.05, 3.63) is 23.3 Å². The molecule has 0 aromatic rings. The Morgan fingerprint density at radius 2 is 2.09 bits per heavy atom. The van der Waals surface area contributed by atoms with E-state index in [4.69, 9.17) is 5.26 Å². The molecule has 3 saturated heterocycles. The van der Waals surface area contributed by atoms with Gasteiger partial charge in [-0.25, -0.2) is 4.39 Å². The minimum Gasteiger partial charge on any atom is -0.384 e. The number of nitriles is 1. The lowest BCUT2D eigenvalue weighted by atomic mass is 9.78. The second-order valence-electron chi connectivity index (χ2n) is 9.46. The minimum atomic E-state index is -0.858. The fourth-order valence-corrected chi connectivity index (χ4v) is 5.60. The van der Waals surface area contributed by atoms with Crippen LogP contribution >= 0.6 is 0 Å². The number of likely N-dealkylation sites (N-methyl/N-ethyl adjacent to an activating group) is 1. The summed E-state index contributed by atoms with van der Waals surface area (Å²) >= 11 is 0. The van der Waals surface area contributed by atoms with Gasteiger partial charge in [0.25, 0.3) is 0 Å². The Bertz CT molecular complexity index is 872. The highest BCUT2D eigenvalue weighted by atomic mass is 19.1. The number of nitrogens with zero attached hydrogens (tertiary/aromatic N) is 3. The van der Waals surface area contributed by atoms with Crippen LogP contribution in [0, 0.1) is 23.3 Å². The summed E-state index contributed by atoms with van der Waals surface area (Å²) in [6.07, 6.45) is 6.93. The molecule has 32 heavy (non-hydrogen) atoms. The van der Waals surface area contributed by atoms with E-state index in [0.29, 0.717) is 44.7 Å². The van der Waals surface area contributed by atoms with Crippen LogP contribution in [0.2, 0.25) is 0 Å². The van der Waals surface area contributed by atoms with E-state index < -0.39 is 5.54 Å². The zero-order valence-electron chi connectivity index (χ0n) is 18.9. The Labute approximate surface area is 188 Å². The number of fused-ring (bicyclic) bond motifs is 1. The molecule has 0 radical (unpaired) electrons. The molecule has 4 aliphatic rings. The number of carbonyl (C=O) groups is 2. The molecule has 0 aromatic heterocycles. The number of hydrogen-bond donors (Lipinski definition) is 3. The lowest BCUT2D eigenvalue weighted by Crippen LogP contribution is -2.61. The fourth-order valence-electron chi connectivity index (χ4n) is 5.60. The number of rotatable bonds is 5. The van der Waals surface area contributed by atoms with E-state index in [9.17, 15) is 14.0 Å². The maximum absolute atomic E-state index is 14.5. The molecule has 1 aliphatic carbocycles. The molecule has 3 aliphatic heterocycles. The van der Waals surface area contributed by atoms with Crippen LogP contribution in [0.25, 0.3) is 0 Å². The zero-order chi connectivity index (χ0) is 22.9. The van der Waals surface area contributed by atoms with Crippen LogP contribution in [-0.2, 0) is 9.59 Å². The van der Waals surface area contributed by atoms with Crippen molar-refractivity contribution in [2.45, 2.75) is 57.5 Å². The van der Waals surface area contributed by atoms with Crippen LogP contribution in [0.5, 0.6) is 0 Å². The van der Waals surface area contributed by atoms with Gasteiger partial charge in [-0.05, 0) is 52.2 Å². The minimum absolute atomic E-state index is 0.0390. The van der Waals surface area contributed by atoms with Gasteiger partial charge < -0.3 is 20.9 Å². The standard InChI is InChI=1S/C23H33FN6O2/c1-3-26-19-12-16(24)11-18-20(19)28-22(32)23(18,2)30-8-4-5-17(13-30)27-21(31)15-6-9-29(14-25)10-7-15/h12,15,17-18,26H,3-11,13H2,1-2H3,(H,27,31)(H,28,32)/t17-,18?,23?/m1/s1. The van der Waals surface area contributed by atoms with Gasteiger partial charge in [-0.3, -0.25) is 14.5 Å². The molecular formula is C23H33FN6O2. The van der Waals surface area contributed by atoms with Gasteiger partial charge in [0.2, 0.25) is 11.8 Å². The molecule has 8 nitrogen and oxygen atoms in total. The highest BCUT2D eigenvalue weighted by Crippen LogP contribution is 2.44. The van der Waals surface area contributed by atoms with Crippen LogP contribution in [0.4, 0.5) is 4.39 Å². The second-order valence-corrected chi connectivity index (χ2v) is 9.46. The monoisotopic (exact) mass is 444 g/mol. The molecule has 2 unspecified atom stereocenters. The van der Waals surface area contributed by atoms with Gasteiger partial charge in [0, 0.05) is 56.2 Å². The van der Waals surface area contributed by atoms with Crippen molar-refractivity contribution in [2.24, 2.45) is 11.8 Å². The summed E-state index contributed by atoms with van der Waals surface area (Å²) in [5, 5.41) is 18.4. The summed E-state index contributed by atoms with van der Waals surface area (Å²) in [6, 6.07) is -0.0416. The number of nitrogens with one attached hydrogen (secondary N) is 3. The van der Waals surface area contributed by atoms with E-state index in [2.05, 4.69) is 27.0 Å². The average Bonchev–Trinajstić information content (AvgIpc) is 3.05. The first kappa shape index (κ1) is 22.6. The number of likely N-dealkylation sites (tertiary alicyclic amines) is 2. The summed E-state index contributed by atoms with van der Waals surface area (Å²) < 4.78 is 14.5. The Morgan fingerprint density at radius 3 is 2.78 bits per heavy atom. The smallest absolute Gasteiger partial charge is 0.245 e. The first-order valence-corrected chi connectivity index (χ1v) is 11.7. The SMILES string of the molecule is CCNC1=C2NC(=O)C(C)(N3CCC[C@@H](NC(=O)C4CCN(C#N)CC4)C3)C2CC(F)=C1. The van der Waals surface area contributed by atoms with Crippen molar-refractivity contribution in [3.63, 3.8) is 0 Å². The van der Waals surface area contributed by atoms with Crippen molar-refractivity contribution >= 4 is 11.8 Å². The van der Waals surface area contributed by atoms with Crippen molar-refractivity contribution in [1.82, 2.24) is 25.8 Å². The van der Waals surface area contributed by atoms with E-state index in [0.717, 1.165) is 25.1 Å². The quantitative estimate of drug-likeness (QED) is 0.554. The van der Waals surface area contributed by atoms with E-state index >= 15 is 0 Å². The number of hydrogen-bond acceptors (Lipinski definition) is 6. The molecule has 3 heterocycles. The Balaban J connectivity index is 1.45. The third-order valence-corrected chi connectivity index (χ3v) is 7.52. The fraction of sp³-hybridized carbons (Fsp3) is 0.696. The number of allylic oxidation sites excluding steroid dienone is 2. The van der Waals surface area contributed by atoms with Crippen LogP contribution in [0.1, 0.15) is 46.0 Å². The number of halogens is 1. The van der Waals surface area contributed by atoms with E-state index in [1.54, 1.807) is 4.90 Å². The third kappa shape index (κ3) is 4.08. The molecule has 174 valence electrons. The summed E-state index contributed by atoms with van der Waals surface area (Å²) in [7, 11) is 0. The van der Waals surface area contributed by atoms with Gasteiger partial charge >= 0.3 is 0 Å². The van der Waals surface area contributed by atoms with Gasteiger partial charge in [0.15, 0.2) is 6.19 Å². The van der Waals surface area contributed by atoms with Gasteiger partial charge in [0.05, 0.1) is 5.70 Å². The van der Waals surface area contributed by atoms with E-state index in [-0.39, 0.29) is 41.9 Å². The highest BCUT2D eigenvalue weighted by Gasteiger charge is 2.55. The van der Waals surface area contributed by atoms with Crippen molar-refractivity contribution < 1.29 is 14.0 Å². The molecule has 0 spiro atoms. The molecule has 4 rings (SSSR count). The molecule has 3 N–H and O–H groups in total. The Kier molecular flexibility index (Phi) is 6.42. The molecule has 0 aromatic carbocycles. The molecule has 3 fully saturated rings. The summed E-state index contributed by atoms with van der Waals surface area (Å²) in [4.78, 5) is 29.8. The Hall–Kier alpha value is -2.60. The number of amides is 2. The molecule has 9 heteroatoms. The zero-order valence-corrected chi connectivity index (χ0v) is 18.9. The average molecular weight is 445 g/mol. The highest BCUT2D eigenvalue weighted by molar-refractivity contribution is 5.92. The molecular weight excluding hydrogens is 411 g/mol. The largest absolute Gasteiger partial charge is 0.384 e. The topological polar surface area (TPSA) is 100 Å². The van der Waals surface area contributed by atoms with Crippen LogP contribution < -0.4 is 16.0 Å². The van der Waals surface area contributed by atoms with E-state index in [1.807, 2.05) is 13.8 Å². The van der Waals surface area contributed by atoms with Gasteiger partial charge in [-0.2, -0.15) is 5.26 Å². The lowest BCUT2D eigenvalue weighted by molar-refractivity contribution is -0.132. The predicted molar refractivity (Wildman–Crippen MR) is 117 cm³/mol. The maximum Gasteiger partial charge on any atom is 0.245 e. The molecule has 0 saturated carbocycles. The van der Waals surface area contributed by atoms with Crippen molar-refractivity contribution in [2.75, 3.05) is 32.7 Å². The predicted octanol–water partition coefficient (Wildman–Crippen LogP) is 1.34. The first-order valence-electron chi connectivity index (χ1n) is 11.7. The summed E-state index contributed by atoms with van der Waals surface area (Å²) in [5.74, 6) is -0.638. The number of piperidine rings is 2. The molecule has 0 bridgehead atoms. The van der Waals surface area contributed by atoms with Crippen LogP contribution in [0.15, 0.2) is 23.3 Å². The van der Waals surface area contributed by atoms with Gasteiger partial charge in [-0.1, -0.05) is 0 Å². The maximum atomic E-state index is 14.5. The van der Waals surface area contributed by atoms with Crippen LogP contribution in [-0.4, -0.2) is 65.9 Å². The number of carbonyl (C=O) groups excluding carboxylic acids is 2. The lowest BCUT2D eigenvalue weighted by Gasteiger charge is -2.45. The molecule has 3 atom stereocenters. The molecule has 2 amide bonds. The second kappa shape index (κ2) is 9.10. The van der Waals surface area contributed by atoms with Gasteiger partial charge in [-0.15, -0.1) is 0 Å². The first-order chi connectivity index (χ1) is 15.4. The summed E-state index contributed by atoms with van der Waals surface area (Å²) in [6.45, 7) is 7.04. The van der Waals surface area contributed by atoms with Gasteiger partial charge in [0.1, 0.15) is 11.4 Å².